The molecule has 3 aliphatic rings. The summed E-state index contributed by atoms with van der Waals surface area (Å²) in [6, 6.07) is -0.304. The topological polar surface area (TPSA) is 192 Å². The van der Waals surface area contributed by atoms with Crippen LogP contribution in [0.2, 0.25) is 0 Å². The van der Waals surface area contributed by atoms with Gasteiger partial charge in [-0.1, -0.05) is 41.5 Å². The number of methoxy groups -OCH3 is 2. The molecule has 0 saturated carbocycles. The maximum atomic E-state index is 14.4. The zero-order valence-electron chi connectivity index (χ0n) is 40.0. The normalized spacial score (nSPS) is 43.5. The van der Waals surface area contributed by atoms with Crippen LogP contribution < -0.4 is 0 Å². The van der Waals surface area contributed by atoms with Gasteiger partial charge in [-0.15, -0.1) is 0 Å². The molecule has 0 radical (unpaired) electrons. The van der Waals surface area contributed by atoms with E-state index in [2.05, 4.69) is 4.90 Å². The van der Waals surface area contributed by atoms with E-state index in [1.54, 1.807) is 41.5 Å². The van der Waals surface area contributed by atoms with E-state index in [-0.39, 0.29) is 49.6 Å². The Morgan fingerprint density at radius 3 is 1.98 bits per heavy atom. The van der Waals surface area contributed by atoms with E-state index in [9.17, 15) is 29.7 Å². The molecule has 3 saturated heterocycles. The highest BCUT2D eigenvalue weighted by atomic mass is 16.7. The number of cyclic esters (lactones) is 1. The second-order valence-corrected chi connectivity index (χ2v) is 18.9. The third-order valence-corrected chi connectivity index (χ3v) is 14.0. The molecule has 3 fully saturated rings. The summed E-state index contributed by atoms with van der Waals surface area (Å²) in [6.45, 7) is 23.5. The van der Waals surface area contributed by atoms with E-state index in [1.807, 2.05) is 53.6 Å². The molecule has 0 aromatic carbocycles. The minimum atomic E-state index is -1.99. The lowest BCUT2D eigenvalue weighted by molar-refractivity contribution is -0.320. The highest BCUT2D eigenvalue weighted by molar-refractivity contribution is 5.83. The average Bonchev–Trinajstić information content (AvgIpc) is 3.21. The van der Waals surface area contributed by atoms with Crippen LogP contribution in [0, 0.1) is 23.7 Å². The van der Waals surface area contributed by atoms with Crippen LogP contribution in [0.1, 0.15) is 115 Å². The number of aliphatic hydroxyl groups excluding tert-OH is 2. The van der Waals surface area contributed by atoms with Crippen LogP contribution in [0.5, 0.6) is 0 Å². The molecule has 3 rings (SSSR count). The second-order valence-electron chi connectivity index (χ2n) is 18.9. The van der Waals surface area contributed by atoms with Crippen molar-refractivity contribution >= 4 is 17.7 Å². The molecule has 0 bridgehead atoms. The Morgan fingerprint density at radius 2 is 1.44 bits per heavy atom. The van der Waals surface area contributed by atoms with Crippen LogP contribution in [0.3, 0.4) is 0 Å². The molecular weight excluding hydrogens is 792 g/mol. The maximum absolute atomic E-state index is 14.4. The highest BCUT2D eigenvalue weighted by Gasteiger charge is 2.55. The summed E-state index contributed by atoms with van der Waals surface area (Å²) >= 11 is 0. The third kappa shape index (κ3) is 12.5. The average molecular weight is 875 g/mol. The summed E-state index contributed by atoms with van der Waals surface area (Å²) in [5.74, 6) is -4.99. The van der Waals surface area contributed by atoms with Gasteiger partial charge in [-0.3, -0.25) is 14.4 Å². The molecule has 18 atom stereocenters. The Bertz CT molecular complexity index is 1410. The van der Waals surface area contributed by atoms with Crippen LogP contribution in [0.15, 0.2) is 0 Å². The number of ether oxygens (including phenoxy) is 8. The first-order valence-corrected chi connectivity index (χ1v) is 22.5. The Hall–Kier alpha value is -1.83. The first-order chi connectivity index (χ1) is 28.3. The van der Waals surface area contributed by atoms with E-state index in [4.69, 9.17) is 37.9 Å². The Labute approximate surface area is 365 Å². The monoisotopic (exact) mass is 875 g/mol. The summed E-state index contributed by atoms with van der Waals surface area (Å²) in [5, 5.41) is 35.0. The van der Waals surface area contributed by atoms with Gasteiger partial charge in [0, 0.05) is 51.0 Å². The summed E-state index contributed by atoms with van der Waals surface area (Å²) in [5.41, 5.74) is -4.34. The number of Topliss-reactive ketones (excluding diaryl/α,β-unsaturated/α-hetero) is 1. The van der Waals surface area contributed by atoms with Gasteiger partial charge in [0.2, 0.25) is 0 Å². The Kier molecular flexibility index (Phi) is 19.6. The predicted molar refractivity (Wildman–Crippen MR) is 227 cm³/mol. The molecule has 16 nitrogen and oxygen atoms in total. The number of esters is 2. The molecule has 0 amide bonds. The van der Waals surface area contributed by atoms with Crippen molar-refractivity contribution in [3.05, 3.63) is 0 Å². The van der Waals surface area contributed by atoms with Crippen molar-refractivity contribution in [1.82, 2.24) is 9.80 Å². The van der Waals surface area contributed by atoms with Crippen molar-refractivity contribution in [3.8, 4) is 0 Å². The lowest BCUT2D eigenvalue weighted by Crippen LogP contribution is -2.61. The van der Waals surface area contributed by atoms with Crippen molar-refractivity contribution < 1.29 is 67.6 Å². The summed E-state index contributed by atoms with van der Waals surface area (Å²) < 4.78 is 51.0. The molecule has 0 aromatic heterocycles. The fraction of sp³-hybridized carbons (Fsp3) is 0.933. The minimum absolute atomic E-state index is 0.0921. The standard InChI is InChI=1S/C45H82N2O14/c1-17-32-45(12,53)38(51)27(6)35(49)25(4)23-43(10,54-15)39(61-42-36(50)31(46(13)14)22-26(5)56-42)28(7)37(29(8)41(52)58-32)60-34-24-44(11,55-16)40(30(9)57-34)59-33(48)20-21-47(18-2)19-3/h25-32,34,36-40,42,50-51,53H,17-24H2,1-16H3/t25-,26?,27+,28+,29-,30+,31+,32-,34+,36-,37?,38+,39-,40+,42+,43-,44-,45-/m1/s1. The smallest absolute Gasteiger partial charge is 0.311 e. The summed E-state index contributed by atoms with van der Waals surface area (Å²) in [7, 11) is 6.80. The van der Waals surface area contributed by atoms with Gasteiger partial charge in [-0.05, 0) is 88.0 Å². The van der Waals surface area contributed by atoms with Crippen LogP contribution in [0.25, 0.3) is 0 Å². The summed E-state index contributed by atoms with van der Waals surface area (Å²) in [6.07, 6.45) is -8.69. The fourth-order valence-electron chi connectivity index (χ4n) is 9.78. The van der Waals surface area contributed by atoms with Gasteiger partial charge < -0.3 is 63.0 Å². The van der Waals surface area contributed by atoms with Crippen molar-refractivity contribution in [2.75, 3.05) is 47.9 Å². The second kappa shape index (κ2) is 22.4. The number of nitrogens with zero attached hydrogens (tertiary/aromatic N) is 2. The van der Waals surface area contributed by atoms with E-state index in [0.717, 1.165) is 13.1 Å². The van der Waals surface area contributed by atoms with Gasteiger partial charge in [0.25, 0.3) is 0 Å². The first kappa shape index (κ1) is 53.5. The minimum Gasteiger partial charge on any atom is -0.459 e. The summed E-state index contributed by atoms with van der Waals surface area (Å²) in [4.78, 5) is 45.8. The van der Waals surface area contributed by atoms with E-state index in [0.29, 0.717) is 13.0 Å². The van der Waals surface area contributed by atoms with Gasteiger partial charge in [-0.2, -0.15) is 0 Å². The molecule has 16 heteroatoms. The SMILES string of the molecule is CC[C@H]1OC(=O)[C@H](C)C(O[C@H]2C[C@@](C)(OC)[C@@H](OC(=O)CCN(CC)CC)[C@H](C)O2)[C@H](C)[C@@H](O[C@@H]2OC(C)C[C@H](N(C)C)[C@H]2O)[C@](C)(OC)C[C@@H](C)C(=O)[C@H](C)[C@H](O)[C@]1(C)O. The Morgan fingerprint density at radius 1 is 0.852 bits per heavy atom. The van der Waals surface area contributed by atoms with Crippen molar-refractivity contribution in [1.29, 1.82) is 0 Å². The number of carbonyl (C=O) groups is 3. The number of ketones is 1. The predicted octanol–water partition coefficient (Wildman–Crippen LogP) is 3.72. The molecule has 0 aromatic rings. The van der Waals surface area contributed by atoms with Crippen LogP contribution >= 0.6 is 0 Å². The zero-order valence-corrected chi connectivity index (χ0v) is 40.0. The Balaban J connectivity index is 2.16. The van der Waals surface area contributed by atoms with Gasteiger partial charge in [-0.25, -0.2) is 0 Å². The number of likely N-dealkylation sites (N-methyl/N-ethyl adjacent to an activating group) is 1. The van der Waals surface area contributed by atoms with Crippen molar-refractivity contribution in [2.45, 2.75) is 199 Å². The number of hydrogen-bond donors (Lipinski definition) is 3. The molecule has 3 N–H and O–H groups in total. The lowest BCUT2D eigenvalue weighted by atomic mass is 9.74. The highest BCUT2D eigenvalue weighted by Crippen LogP contribution is 2.42. The van der Waals surface area contributed by atoms with Crippen molar-refractivity contribution in [3.63, 3.8) is 0 Å². The molecular formula is C45H82N2O14. The molecule has 0 spiro atoms. The largest absolute Gasteiger partial charge is 0.459 e. The first-order valence-electron chi connectivity index (χ1n) is 22.5. The molecule has 356 valence electrons. The number of rotatable bonds is 14. The number of aliphatic hydroxyl groups is 3. The van der Waals surface area contributed by atoms with Gasteiger partial charge >= 0.3 is 11.9 Å². The molecule has 61 heavy (non-hydrogen) atoms. The van der Waals surface area contributed by atoms with Crippen LogP contribution in [-0.2, 0) is 52.3 Å². The molecule has 0 aliphatic carbocycles. The van der Waals surface area contributed by atoms with Gasteiger partial charge in [0.05, 0.1) is 48.5 Å². The zero-order chi connectivity index (χ0) is 46.4. The van der Waals surface area contributed by atoms with Gasteiger partial charge in [0.15, 0.2) is 18.7 Å². The number of hydrogen-bond acceptors (Lipinski definition) is 16. The van der Waals surface area contributed by atoms with Crippen LogP contribution in [-0.4, -0.2) is 175 Å². The molecule has 3 aliphatic heterocycles. The van der Waals surface area contributed by atoms with E-state index < -0.39 is 102 Å². The van der Waals surface area contributed by atoms with Gasteiger partial charge in [0.1, 0.15) is 29.2 Å². The van der Waals surface area contributed by atoms with Crippen LogP contribution in [0.4, 0.5) is 0 Å². The molecule has 2 unspecified atom stereocenters. The third-order valence-electron chi connectivity index (χ3n) is 14.0. The van der Waals surface area contributed by atoms with Crippen molar-refractivity contribution in [2.24, 2.45) is 23.7 Å². The quantitative estimate of drug-likeness (QED) is 0.214. The maximum Gasteiger partial charge on any atom is 0.311 e. The molecule has 3 heterocycles. The van der Waals surface area contributed by atoms with E-state index in [1.165, 1.54) is 21.1 Å². The lowest BCUT2D eigenvalue weighted by Gasteiger charge is -2.50. The number of carbonyl (C=O) groups excluding carboxylic acids is 3. The van der Waals surface area contributed by atoms with E-state index >= 15 is 0 Å². The fourth-order valence-corrected chi connectivity index (χ4v) is 9.78.